The van der Waals surface area contributed by atoms with Gasteiger partial charge in [-0.25, -0.2) is 0 Å². The Hall–Kier alpha value is -0.900. The molecule has 0 aromatic heterocycles. The van der Waals surface area contributed by atoms with Crippen molar-refractivity contribution in [3.05, 3.63) is 35.4 Å². The van der Waals surface area contributed by atoms with Gasteiger partial charge in [-0.15, -0.1) is 0 Å². The van der Waals surface area contributed by atoms with Crippen molar-refractivity contribution in [1.29, 1.82) is 0 Å². The third-order valence-corrected chi connectivity index (χ3v) is 2.50. The van der Waals surface area contributed by atoms with E-state index in [1.165, 1.54) is 5.56 Å². The van der Waals surface area contributed by atoms with E-state index in [1.807, 2.05) is 0 Å². The number of aliphatic hydroxyl groups excluding tert-OH is 1. The van der Waals surface area contributed by atoms with Crippen molar-refractivity contribution in [1.82, 2.24) is 0 Å². The molecule has 0 radical (unpaired) electrons. The maximum absolute atomic E-state index is 9.20. The Kier molecular flexibility index (Phi) is 5.46. The largest absolute Gasteiger partial charge is 0.389 e. The molecular formula is C13H21NO2. The molecule has 3 nitrogen and oxygen atoms in total. The summed E-state index contributed by atoms with van der Waals surface area (Å²) in [5, 5.41) is 9.20. The minimum atomic E-state index is -0.560. The third kappa shape index (κ3) is 4.31. The molecule has 1 atom stereocenters. The van der Waals surface area contributed by atoms with E-state index in [0.29, 0.717) is 19.1 Å². The van der Waals surface area contributed by atoms with Crippen LogP contribution in [0.4, 0.5) is 0 Å². The Morgan fingerprint density at radius 1 is 1.25 bits per heavy atom. The van der Waals surface area contributed by atoms with Crippen molar-refractivity contribution in [3.8, 4) is 0 Å². The molecule has 3 N–H and O–H groups in total. The molecule has 0 aliphatic rings. The lowest BCUT2D eigenvalue weighted by Crippen LogP contribution is -2.24. The lowest BCUT2D eigenvalue weighted by Gasteiger charge is -2.10. The second-order valence-corrected chi connectivity index (χ2v) is 4.30. The maximum Gasteiger partial charge on any atom is 0.0895 e. The Morgan fingerprint density at radius 3 is 2.38 bits per heavy atom. The number of hydrogen-bond donors (Lipinski definition) is 2. The van der Waals surface area contributed by atoms with Gasteiger partial charge in [0.2, 0.25) is 0 Å². The van der Waals surface area contributed by atoms with E-state index in [0.717, 1.165) is 5.56 Å². The number of hydrogen-bond acceptors (Lipinski definition) is 3. The van der Waals surface area contributed by atoms with Gasteiger partial charge in [0.1, 0.15) is 0 Å². The van der Waals surface area contributed by atoms with E-state index >= 15 is 0 Å². The maximum atomic E-state index is 9.20. The molecule has 0 aliphatic carbocycles. The quantitative estimate of drug-likeness (QED) is 0.771. The van der Waals surface area contributed by atoms with E-state index in [1.54, 1.807) is 0 Å². The molecule has 90 valence electrons. The highest BCUT2D eigenvalue weighted by Gasteiger charge is 2.02. The van der Waals surface area contributed by atoms with Crippen molar-refractivity contribution >= 4 is 0 Å². The second-order valence-electron chi connectivity index (χ2n) is 4.30. The van der Waals surface area contributed by atoms with Crippen LogP contribution in [0.1, 0.15) is 30.9 Å². The molecule has 0 spiro atoms. The summed E-state index contributed by atoms with van der Waals surface area (Å²) in [6.07, 6.45) is -0.560. The van der Waals surface area contributed by atoms with Crippen molar-refractivity contribution in [3.63, 3.8) is 0 Å². The SMILES string of the molecule is CC(C)c1ccc(COC[C@H](O)CN)cc1. The highest BCUT2D eigenvalue weighted by atomic mass is 16.5. The standard InChI is InChI=1S/C13H21NO2/c1-10(2)12-5-3-11(4-6-12)8-16-9-13(15)7-14/h3-6,10,13,15H,7-9,14H2,1-2H3/t13-/m1/s1. The first-order valence-corrected chi connectivity index (χ1v) is 5.68. The predicted octanol–water partition coefficient (Wildman–Crippen LogP) is 1.65. The van der Waals surface area contributed by atoms with Gasteiger partial charge >= 0.3 is 0 Å². The van der Waals surface area contributed by atoms with Crippen LogP contribution in [-0.2, 0) is 11.3 Å². The summed E-state index contributed by atoms with van der Waals surface area (Å²) in [4.78, 5) is 0. The van der Waals surface area contributed by atoms with Crippen LogP contribution in [0, 0.1) is 0 Å². The van der Waals surface area contributed by atoms with Crippen LogP contribution in [0.3, 0.4) is 0 Å². The molecule has 0 unspecified atom stereocenters. The summed E-state index contributed by atoms with van der Waals surface area (Å²) >= 11 is 0. The van der Waals surface area contributed by atoms with Crippen LogP contribution in [0.5, 0.6) is 0 Å². The van der Waals surface area contributed by atoms with Crippen molar-refractivity contribution in [2.24, 2.45) is 5.73 Å². The molecule has 0 saturated heterocycles. The smallest absolute Gasteiger partial charge is 0.0895 e. The predicted molar refractivity (Wildman–Crippen MR) is 65.2 cm³/mol. The molecule has 0 saturated carbocycles. The fourth-order valence-electron chi connectivity index (χ4n) is 1.38. The Balaban J connectivity index is 2.38. The van der Waals surface area contributed by atoms with E-state index in [-0.39, 0.29) is 6.54 Å². The Bertz CT molecular complexity index is 295. The summed E-state index contributed by atoms with van der Waals surface area (Å²) in [6.45, 7) is 5.40. The van der Waals surface area contributed by atoms with Crippen LogP contribution >= 0.6 is 0 Å². The van der Waals surface area contributed by atoms with E-state index in [4.69, 9.17) is 10.5 Å². The molecule has 1 aromatic rings. The molecule has 0 fully saturated rings. The number of benzene rings is 1. The summed E-state index contributed by atoms with van der Waals surface area (Å²) < 4.78 is 5.34. The zero-order valence-corrected chi connectivity index (χ0v) is 10.0. The fourth-order valence-corrected chi connectivity index (χ4v) is 1.38. The lowest BCUT2D eigenvalue weighted by atomic mass is 10.0. The van der Waals surface area contributed by atoms with Gasteiger partial charge in [0.25, 0.3) is 0 Å². The first-order valence-electron chi connectivity index (χ1n) is 5.68. The van der Waals surface area contributed by atoms with Crippen LogP contribution in [0.25, 0.3) is 0 Å². The monoisotopic (exact) mass is 223 g/mol. The Labute approximate surface area is 97.2 Å². The van der Waals surface area contributed by atoms with Gasteiger partial charge in [-0.2, -0.15) is 0 Å². The molecule has 3 heteroatoms. The number of ether oxygens (including phenoxy) is 1. The lowest BCUT2D eigenvalue weighted by molar-refractivity contribution is 0.0329. The van der Waals surface area contributed by atoms with Gasteiger partial charge in [-0.1, -0.05) is 38.1 Å². The van der Waals surface area contributed by atoms with Gasteiger partial charge < -0.3 is 15.6 Å². The molecule has 16 heavy (non-hydrogen) atoms. The third-order valence-electron chi connectivity index (χ3n) is 2.50. The van der Waals surface area contributed by atoms with Gasteiger partial charge in [0.05, 0.1) is 19.3 Å². The molecule has 1 rings (SSSR count). The molecule has 1 aromatic carbocycles. The Morgan fingerprint density at radius 2 is 1.88 bits per heavy atom. The molecule has 0 bridgehead atoms. The van der Waals surface area contributed by atoms with Crippen LogP contribution in [0.15, 0.2) is 24.3 Å². The van der Waals surface area contributed by atoms with E-state index < -0.39 is 6.10 Å². The minimum Gasteiger partial charge on any atom is -0.389 e. The van der Waals surface area contributed by atoms with Crippen molar-refractivity contribution < 1.29 is 9.84 Å². The summed E-state index contributed by atoms with van der Waals surface area (Å²) in [6, 6.07) is 8.35. The summed E-state index contributed by atoms with van der Waals surface area (Å²) in [5.41, 5.74) is 7.72. The zero-order chi connectivity index (χ0) is 12.0. The number of rotatable bonds is 6. The number of nitrogens with two attached hydrogens (primary N) is 1. The normalized spacial score (nSPS) is 13.1. The average molecular weight is 223 g/mol. The molecule has 0 aliphatic heterocycles. The number of aliphatic hydroxyl groups is 1. The summed E-state index contributed by atoms with van der Waals surface area (Å²) in [7, 11) is 0. The summed E-state index contributed by atoms with van der Waals surface area (Å²) in [5.74, 6) is 0.550. The van der Waals surface area contributed by atoms with Gasteiger partial charge in [-0.3, -0.25) is 0 Å². The fraction of sp³-hybridized carbons (Fsp3) is 0.538. The molecule has 0 heterocycles. The first kappa shape index (κ1) is 13.2. The highest BCUT2D eigenvalue weighted by Crippen LogP contribution is 2.14. The van der Waals surface area contributed by atoms with Gasteiger partial charge in [0, 0.05) is 6.54 Å². The highest BCUT2D eigenvalue weighted by molar-refractivity contribution is 5.24. The first-order chi connectivity index (χ1) is 7.63. The van der Waals surface area contributed by atoms with Crippen molar-refractivity contribution in [2.45, 2.75) is 32.5 Å². The van der Waals surface area contributed by atoms with Crippen molar-refractivity contribution in [2.75, 3.05) is 13.2 Å². The van der Waals surface area contributed by atoms with Crippen LogP contribution < -0.4 is 5.73 Å². The topological polar surface area (TPSA) is 55.5 Å². The second kappa shape index (κ2) is 6.63. The zero-order valence-electron chi connectivity index (χ0n) is 10.0. The average Bonchev–Trinajstić information content (AvgIpc) is 2.29. The van der Waals surface area contributed by atoms with Gasteiger partial charge in [-0.05, 0) is 17.0 Å². The molecular weight excluding hydrogens is 202 g/mol. The van der Waals surface area contributed by atoms with E-state index in [9.17, 15) is 5.11 Å². The van der Waals surface area contributed by atoms with Crippen LogP contribution in [0.2, 0.25) is 0 Å². The minimum absolute atomic E-state index is 0.242. The van der Waals surface area contributed by atoms with Crippen LogP contribution in [-0.4, -0.2) is 24.4 Å². The van der Waals surface area contributed by atoms with Gasteiger partial charge in [0.15, 0.2) is 0 Å². The molecule has 0 amide bonds. The van der Waals surface area contributed by atoms with E-state index in [2.05, 4.69) is 38.1 Å².